The first kappa shape index (κ1) is 18.0. The van der Waals surface area contributed by atoms with E-state index in [4.69, 9.17) is 0 Å². The number of carbonyl (C=O) groups is 2. The van der Waals surface area contributed by atoms with Gasteiger partial charge in [-0.2, -0.15) is 0 Å². The number of imidazole rings is 1. The SMILES string of the molecule is Cc1ccc2[nH]c(CCNC(=O)[C@@H]3CCCCN3C(=O)C3CC3)nc2c1C. The first-order valence-electron chi connectivity index (χ1n) is 10.1. The maximum Gasteiger partial charge on any atom is 0.242 e. The number of fused-ring (bicyclic) bond motifs is 1. The number of piperidine rings is 1. The zero-order chi connectivity index (χ0) is 19.0. The fourth-order valence-corrected chi connectivity index (χ4v) is 3.94. The normalized spacial score (nSPS) is 20.1. The minimum absolute atomic E-state index is 0.0214. The summed E-state index contributed by atoms with van der Waals surface area (Å²) in [6, 6.07) is 3.85. The summed E-state index contributed by atoms with van der Waals surface area (Å²) in [6.45, 7) is 5.41. The molecule has 6 heteroatoms. The maximum absolute atomic E-state index is 12.7. The molecule has 1 aliphatic heterocycles. The van der Waals surface area contributed by atoms with Gasteiger partial charge in [-0.05, 0) is 63.1 Å². The van der Waals surface area contributed by atoms with E-state index in [1.54, 1.807) is 0 Å². The second-order valence-corrected chi connectivity index (χ2v) is 7.95. The Bertz CT molecular complexity index is 868. The molecule has 1 atom stereocenters. The number of H-pyrrole nitrogens is 1. The molecule has 1 saturated heterocycles. The molecule has 2 fully saturated rings. The van der Waals surface area contributed by atoms with Crippen LogP contribution in [0, 0.1) is 19.8 Å². The molecule has 1 saturated carbocycles. The summed E-state index contributed by atoms with van der Waals surface area (Å²) in [5.41, 5.74) is 4.46. The van der Waals surface area contributed by atoms with E-state index in [0.29, 0.717) is 13.0 Å². The molecule has 6 nitrogen and oxygen atoms in total. The van der Waals surface area contributed by atoms with Crippen molar-refractivity contribution in [3.63, 3.8) is 0 Å². The number of aryl methyl sites for hydroxylation is 2. The third-order valence-corrected chi connectivity index (χ3v) is 5.90. The quantitative estimate of drug-likeness (QED) is 0.852. The topological polar surface area (TPSA) is 78.1 Å². The number of carbonyl (C=O) groups excluding carboxylic acids is 2. The Labute approximate surface area is 159 Å². The second kappa shape index (κ2) is 7.33. The lowest BCUT2D eigenvalue weighted by Crippen LogP contribution is -2.52. The van der Waals surface area contributed by atoms with Gasteiger partial charge >= 0.3 is 0 Å². The number of amides is 2. The van der Waals surface area contributed by atoms with Crippen molar-refractivity contribution in [3.8, 4) is 0 Å². The minimum Gasteiger partial charge on any atom is -0.354 e. The van der Waals surface area contributed by atoms with Crippen molar-refractivity contribution in [2.24, 2.45) is 5.92 Å². The lowest BCUT2D eigenvalue weighted by atomic mass is 10.0. The van der Waals surface area contributed by atoms with Crippen molar-refractivity contribution >= 4 is 22.8 Å². The number of aromatic nitrogens is 2. The van der Waals surface area contributed by atoms with Crippen LogP contribution in [0.15, 0.2) is 12.1 Å². The third-order valence-electron chi connectivity index (χ3n) is 5.90. The summed E-state index contributed by atoms with van der Waals surface area (Å²) in [7, 11) is 0. The number of hydrogen-bond donors (Lipinski definition) is 2. The smallest absolute Gasteiger partial charge is 0.242 e. The summed E-state index contributed by atoms with van der Waals surface area (Å²) in [4.78, 5) is 35.0. The Balaban J connectivity index is 1.36. The van der Waals surface area contributed by atoms with Crippen molar-refractivity contribution in [3.05, 3.63) is 29.1 Å². The van der Waals surface area contributed by atoms with Gasteiger partial charge in [0.25, 0.3) is 0 Å². The average molecular weight is 368 g/mol. The van der Waals surface area contributed by atoms with Crippen molar-refractivity contribution in [2.75, 3.05) is 13.1 Å². The number of nitrogens with one attached hydrogen (secondary N) is 2. The molecule has 1 aromatic carbocycles. The summed E-state index contributed by atoms with van der Waals surface area (Å²) in [5, 5.41) is 3.02. The highest BCUT2D eigenvalue weighted by molar-refractivity contribution is 5.89. The van der Waals surface area contributed by atoms with Crippen LogP contribution in [0.1, 0.15) is 49.1 Å². The number of hydrogen-bond acceptors (Lipinski definition) is 3. The van der Waals surface area contributed by atoms with Gasteiger partial charge in [0.15, 0.2) is 0 Å². The van der Waals surface area contributed by atoms with Crippen molar-refractivity contribution in [1.82, 2.24) is 20.2 Å². The second-order valence-electron chi connectivity index (χ2n) is 7.95. The average Bonchev–Trinajstić information content (AvgIpc) is 3.44. The minimum atomic E-state index is -0.299. The van der Waals surface area contributed by atoms with Gasteiger partial charge in [-0.15, -0.1) is 0 Å². The molecular formula is C21H28N4O2. The van der Waals surface area contributed by atoms with Crippen LogP contribution in [0.25, 0.3) is 11.0 Å². The lowest BCUT2D eigenvalue weighted by molar-refractivity contribution is -0.143. The molecule has 1 aromatic heterocycles. The molecule has 2 heterocycles. The fourth-order valence-electron chi connectivity index (χ4n) is 3.94. The van der Waals surface area contributed by atoms with Gasteiger partial charge in [0.2, 0.25) is 11.8 Å². The molecule has 27 heavy (non-hydrogen) atoms. The van der Waals surface area contributed by atoms with E-state index in [2.05, 4.69) is 41.3 Å². The van der Waals surface area contributed by atoms with Crippen molar-refractivity contribution in [2.45, 2.75) is 58.4 Å². The van der Waals surface area contributed by atoms with Crippen LogP contribution in [0.5, 0.6) is 0 Å². The monoisotopic (exact) mass is 368 g/mol. The van der Waals surface area contributed by atoms with Gasteiger partial charge < -0.3 is 15.2 Å². The number of nitrogens with zero attached hydrogens (tertiary/aromatic N) is 2. The fraction of sp³-hybridized carbons (Fsp3) is 0.571. The Kier molecular flexibility index (Phi) is 4.89. The van der Waals surface area contributed by atoms with Gasteiger partial charge in [0.1, 0.15) is 11.9 Å². The van der Waals surface area contributed by atoms with Gasteiger partial charge in [-0.3, -0.25) is 9.59 Å². The van der Waals surface area contributed by atoms with Crippen molar-refractivity contribution in [1.29, 1.82) is 0 Å². The van der Waals surface area contributed by atoms with Crippen LogP contribution >= 0.6 is 0 Å². The molecule has 144 valence electrons. The van der Waals surface area contributed by atoms with Gasteiger partial charge in [0, 0.05) is 25.4 Å². The van der Waals surface area contributed by atoms with Gasteiger partial charge in [-0.25, -0.2) is 4.98 Å². The van der Waals surface area contributed by atoms with E-state index in [1.165, 1.54) is 11.1 Å². The zero-order valence-corrected chi connectivity index (χ0v) is 16.2. The maximum atomic E-state index is 12.7. The van der Waals surface area contributed by atoms with Crippen LogP contribution in [0.2, 0.25) is 0 Å². The molecule has 2 aliphatic rings. The van der Waals surface area contributed by atoms with Crippen LogP contribution in [0.3, 0.4) is 0 Å². The molecule has 0 spiro atoms. The number of benzene rings is 1. The van der Waals surface area contributed by atoms with Crippen LogP contribution in [0.4, 0.5) is 0 Å². The first-order chi connectivity index (χ1) is 13.0. The Hall–Kier alpha value is -2.37. The Morgan fingerprint density at radius 1 is 1.22 bits per heavy atom. The van der Waals surface area contributed by atoms with E-state index in [0.717, 1.165) is 55.5 Å². The number of likely N-dealkylation sites (tertiary alicyclic amines) is 1. The third kappa shape index (κ3) is 3.70. The summed E-state index contributed by atoms with van der Waals surface area (Å²) < 4.78 is 0. The van der Waals surface area contributed by atoms with E-state index in [-0.39, 0.29) is 23.8 Å². The summed E-state index contributed by atoms with van der Waals surface area (Å²) in [6.07, 6.45) is 5.40. The van der Waals surface area contributed by atoms with Crippen LogP contribution in [-0.4, -0.2) is 45.8 Å². The predicted octanol–water partition coefficient (Wildman–Crippen LogP) is 2.63. The summed E-state index contributed by atoms with van der Waals surface area (Å²) >= 11 is 0. The first-order valence-corrected chi connectivity index (χ1v) is 10.1. The largest absolute Gasteiger partial charge is 0.354 e. The molecule has 2 amide bonds. The molecule has 2 N–H and O–H groups in total. The molecule has 2 aromatic rings. The highest BCUT2D eigenvalue weighted by atomic mass is 16.2. The van der Waals surface area contributed by atoms with E-state index < -0.39 is 0 Å². The van der Waals surface area contributed by atoms with E-state index in [9.17, 15) is 9.59 Å². The molecule has 4 rings (SSSR count). The molecule has 0 radical (unpaired) electrons. The molecule has 0 unspecified atom stereocenters. The zero-order valence-electron chi connectivity index (χ0n) is 16.2. The highest BCUT2D eigenvalue weighted by Gasteiger charge is 2.39. The Morgan fingerprint density at radius 3 is 2.81 bits per heavy atom. The van der Waals surface area contributed by atoms with E-state index >= 15 is 0 Å². The Morgan fingerprint density at radius 2 is 2.04 bits per heavy atom. The van der Waals surface area contributed by atoms with Crippen LogP contribution < -0.4 is 5.32 Å². The standard InChI is InChI=1S/C21H28N4O2/c1-13-6-9-16-19(14(13)2)24-18(23-16)10-11-22-20(26)17-5-3-4-12-25(17)21(27)15-7-8-15/h6,9,15,17H,3-5,7-8,10-12H2,1-2H3,(H,22,26)(H,23,24)/t17-/m0/s1. The molecular weight excluding hydrogens is 340 g/mol. The number of rotatable bonds is 5. The van der Waals surface area contributed by atoms with Crippen LogP contribution in [-0.2, 0) is 16.0 Å². The summed E-state index contributed by atoms with van der Waals surface area (Å²) in [5.74, 6) is 1.21. The lowest BCUT2D eigenvalue weighted by Gasteiger charge is -2.34. The van der Waals surface area contributed by atoms with E-state index in [1.807, 2.05) is 4.90 Å². The van der Waals surface area contributed by atoms with Gasteiger partial charge in [-0.1, -0.05) is 6.07 Å². The predicted molar refractivity (Wildman–Crippen MR) is 104 cm³/mol. The van der Waals surface area contributed by atoms with Crippen molar-refractivity contribution < 1.29 is 9.59 Å². The molecule has 1 aliphatic carbocycles. The number of aromatic amines is 1. The highest BCUT2D eigenvalue weighted by Crippen LogP contribution is 2.33. The molecule has 0 bridgehead atoms. The van der Waals surface area contributed by atoms with Gasteiger partial charge in [0.05, 0.1) is 11.0 Å².